The molecule has 102 valence electrons. The summed E-state index contributed by atoms with van der Waals surface area (Å²) < 4.78 is 0. The van der Waals surface area contributed by atoms with E-state index in [-0.39, 0.29) is 25.1 Å². The predicted molar refractivity (Wildman–Crippen MR) is 90.7 cm³/mol. The first-order chi connectivity index (χ1) is 9.52. The Hall–Kier alpha value is -0.200. The van der Waals surface area contributed by atoms with Gasteiger partial charge < -0.3 is 0 Å². The molecular formula is C14H5Cl5S. The summed E-state index contributed by atoms with van der Waals surface area (Å²) in [5.41, 5.74) is 0.887. The molecule has 0 spiro atoms. The molecule has 0 unspecified atom stereocenters. The van der Waals surface area contributed by atoms with Crippen LogP contribution in [0, 0.1) is 11.2 Å². The highest BCUT2D eigenvalue weighted by Gasteiger charge is 2.19. The van der Waals surface area contributed by atoms with Crippen molar-refractivity contribution in [2.75, 3.05) is 0 Å². The molecule has 0 bridgehead atoms. The molecule has 2 aromatic rings. The third-order valence-corrected chi connectivity index (χ3v) is 5.61. The van der Waals surface area contributed by atoms with Gasteiger partial charge in [-0.25, -0.2) is 0 Å². The van der Waals surface area contributed by atoms with Gasteiger partial charge in [-0.3, -0.25) is 0 Å². The lowest BCUT2D eigenvalue weighted by molar-refractivity contribution is 1.47. The quantitative estimate of drug-likeness (QED) is 0.220. The molecule has 2 rings (SSSR count). The predicted octanol–water partition coefficient (Wildman–Crippen LogP) is 7.05. The fourth-order valence-electron chi connectivity index (χ4n) is 1.33. The van der Waals surface area contributed by atoms with Gasteiger partial charge in [-0.15, -0.1) is 0 Å². The van der Waals surface area contributed by atoms with Crippen LogP contribution in [0.3, 0.4) is 0 Å². The van der Waals surface area contributed by atoms with E-state index in [9.17, 15) is 0 Å². The van der Waals surface area contributed by atoms with Crippen molar-refractivity contribution >= 4 is 69.8 Å². The molecule has 0 aromatic heterocycles. The van der Waals surface area contributed by atoms with Crippen LogP contribution in [0.4, 0.5) is 0 Å². The molecule has 0 saturated heterocycles. The van der Waals surface area contributed by atoms with E-state index >= 15 is 0 Å². The van der Waals surface area contributed by atoms with E-state index in [1.165, 1.54) is 0 Å². The standard InChI is InChI=1S/C14H5Cl5S/c15-9-10(16)12(18)14(13(19)11(9)17)20-7-6-8-4-2-1-3-5-8/h1-5H. The number of hydrogen-bond acceptors (Lipinski definition) is 1. The first-order valence-corrected chi connectivity index (χ1v) is 7.97. The molecule has 0 saturated carbocycles. The SMILES string of the molecule is Clc1c(Cl)c(Cl)c(SC#Cc2ccccc2)c(Cl)c1Cl. The molecule has 0 fully saturated rings. The second-order valence-corrected chi connectivity index (χ2v) is 6.30. The number of hydrogen-bond donors (Lipinski definition) is 0. The fourth-order valence-corrected chi connectivity index (χ4v) is 3.47. The molecule has 2 aromatic carbocycles. The lowest BCUT2D eigenvalue weighted by atomic mass is 10.2. The minimum Gasteiger partial charge on any atom is -0.0813 e. The van der Waals surface area contributed by atoms with Crippen molar-refractivity contribution in [3.05, 3.63) is 61.0 Å². The van der Waals surface area contributed by atoms with Crippen LogP contribution >= 0.6 is 69.8 Å². The monoisotopic (exact) mass is 380 g/mol. The number of benzene rings is 2. The Morgan fingerprint density at radius 1 is 0.700 bits per heavy atom. The van der Waals surface area contributed by atoms with Crippen molar-refractivity contribution < 1.29 is 0 Å². The van der Waals surface area contributed by atoms with Gasteiger partial charge >= 0.3 is 0 Å². The molecule has 20 heavy (non-hydrogen) atoms. The van der Waals surface area contributed by atoms with E-state index in [2.05, 4.69) is 11.2 Å². The van der Waals surface area contributed by atoms with E-state index < -0.39 is 0 Å². The zero-order chi connectivity index (χ0) is 14.7. The maximum Gasteiger partial charge on any atom is 0.0809 e. The molecule has 0 aliphatic rings. The summed E-state index contributed by atoms with van der Waals surface area (Å²) in [6.07, 6.45) is 0. The molecule has 0 N–H and O–H groups in total. The van der Waals surface area contributed by atoms with Gasteiger partial charge in [0.15, 0.2) is 0 Å². The van der Waals surface area contributed by atoms with Gasteiger partial charge in [-0.1, -0.05) is 82.1 Å². The number of rotatable bonds is 1. The molecule has 0 amide bonds. The van der Waals surface area contributed by atoms with Crippen LogP contribution in [0.2, 0.25) is 25.1 Å². The largest absolute Gasteiger partial charge is 0.0813 e. The van der Waals surface area contributed by atoms with Crippen LogP contribution in [0.5, 0.6) is 0 Å². The molecule has 0 aliphatic heterocycles. The van der Waals surface area contributed by atoms with Crippen LogP contribution < -0.4 is 0 Å². The van der Waals surface area contributed by atoms with Crippen molar-refractivity contribution in [3.8, 4) is 11.2 Å². The molecule has 0 nitrogen and oxygen atoms in total. The zero-order valence-electron chi connectivity index (χ0n) is 9.68. The smallest absolute Gasteiger partial charge is 0.0809 e. The maximum absolute atomic E-state index is 6.11. The van der Waals surface area contributed by atoms with Gasteiger partial charge in [-0.2, -0.15) is 0 Å². The summed E-state index contributed by atoms with van der Waals surface area (Å²) in [6, 6.07) is 9.54. The molecule has 0 atom stereocenters. The van der Waals surface area contributed by atoms with E-state index in [0.29, 0.717) is 4.90 Å². The molecule has 0 heterocycles. The van der Waals surface area contributed by atoms with Crippen LogP contribution in [0.25, 0.3) is 0 Å². The van der Waals surface area contributed by atoms with Gasteiger partial charge in [0.1, 0.15) is 0 Å². The van der Waals surface area contributed by atoms with Crippen LogP contribution in [-0.4, -0.2) is 0 Å². The number of halogens is 5. The van der Waals surface area contributed by atoms with Crippen molar-refractivity contribution in [2.45, 2.75) is 4.90 Å². The van der Waals surface area contributed by atoms with Crippen molar-refractivity contribution in [1.82, 2.24) is 0 Å². The van der Waals surface area contributed by atoms with E-state index in [1.807, 2.05) is 30.3 Å². The molecule has 0 aliphatic carbocycles. The Balaban J connectivity index is 2.34. The third kappa shape index (κ3) is 3.52. The van der Waals surface area contributed by atoms with Gasteiger partial charge in [0.05, 0.1) is 30.0 Å². The van der Waals surface area contributed by atoms with Crippen molar-refractivity contribution in [1.29, 1.82) is 0 Å². The van der Waals surface area contributed by atoms with Crippen molar-refractivity contribution in [3.63, 3.8) is 0 Å². The highest BCUT2D eigenvalue weighted by molar-refractivity contribution is 8.04. The normalized spacial score (nSPS) is 10.1. The lowest BCUT2D eigenvalue weighted by Crippen LogP contribution is -1.83. The second kappa shape index (κ2) is 7.18. The molecule has 0 radical (unpaired) electrons. The highest BCUT2D eigenvalue weighted by atomic mass is 35.5. The molecule has 6 heteroatoms. The van der Waals surface area contributed by atoms with E-state index in [1.54, 1.807) is 0 Å². The van der Waals surface area contributed by atoms with E-state index in [4.69, 9.17) is 58.0 Å². The zero-order valence-corrected chi connectivity index (χ0v) is 14.3. The van der Waals surface area contributed by atoms with Crippen LogP contribution in [0.15, 0.2) is 35.2 Å². The number of thioether (sulfide) groups is 1. The summed E-state index contributed by atoms with van der Waals surface area (Å²) in [5, 5.41) is 3.90. The van der Waals surface area contributed by atoms with Crippen molar-refractivity contribution in [2.24, 2.45) is 0 Å². The Labute approximate surface area is 146 Å². The van der Waals surface area contributed by atoms with Crippen LogP contribution in [-0.2, 0) is 0 Å². The Morgan fingerprint density at radius 3 is 1.75 bits per heavy atom. The molecular weight excluding hydrogens is 377 g/mol. The summed E-state index contributed by atoms with van der Waals surface area (Å²) in [7, 11) is 0. The minimum absolute atomic E-state index is 0.142. The fraction of sp³-hybridized carbons (Fsp3) is 0. The second-order valence-electron chi connectivity index (χ2n) is 3.59. The summed E-state index contributed by atoms with van der Waals surface area (Å²) in [4.78, 5) is 0.496. The first kappa shape index (κ1) is 16.2. The van der Waals surface area contributed by atoms with Gasteiger partial charge in [0, 0.05) is 5.56 Å². The van der Waals surface area contributed by atoms with Gasteiger partial charge in [0.2, 0.25) is 0 Å². The average Bonchev–Trinajstić information content (AvgIpc) is 2.48. The van der Waals surface area contributed by atoms with Gasteiger partial charge in [-0.05, 0) is 29.1 Å². The Morgan fingerprint density at radius 2 is 1.20 bits per heavy atom. The lowest BCUT2D eigenvalue weighted by Gasteiger charge is -2.09. The summed E-state index contributed by atoms with van der Waals surface area (Å²) in [5.74, 6) is 2.98. The highest BCUT2D eigenvalue weighted by Crippen LogP contribution is 2.47. The van der Waals surface area contributed by atoms with Crippen LogP contribution in [0.1, 0.15) is 5.56 Å². The van der Waals surface area contributed by atoms with Gasteiger partial charge in [0.25, 0.3) is 0 Å². The minimum atomic E-state index is 0.142. The Bertz CT molecular complexity index is 672. The first-order valence-electron chi connectivity index (χ1n) is 5.26. The maximum atomic E-state index is 6.11. The Kier molecular flexibility index (Phi) is 5.81. The topological polar surface area (TPSA) is 0 Å². The average molecular weight is 383 g/mol. The third-order valence-electron chi connectivity index (χ3n) is 2.29. The van der Waals surface area contributed by atoms with E-state index in [0.717, 1.165) is 17.3 Å². The summed E-state index contributed by atoms with van der Waals surface area (Å²) >= 11 is 31.3. The summed E-state index contributed by atoms with van der Waals surface area (Å²) in [6.45, 7) is 0.